The van der Waals surface area contributed by atoms with Crippen molar-refractivity contribution >= 4 is 55.5 Å². The smallest absolute Gasteiger partial charge is 0.264 e. The van der Waals surface area contributed by atoms with Crippen LogP contribution >= 0.6 is 27.7 Å². The van der Waals surface area contributed by atoms with Gasteiger partial charge in [-0.05, 0) is 66.2 Å². The van der Waals surface area contributed by atoms with E-state index < -0.39 is 22.5 Å². The zero-order valence-electron chi connectivity index (χ0n) is 18.0. The van der Waals surface area contributed by atoms with Crippen LogP contribution in [0.3, 0.4) is 0 Å². The number of carbonyl (C=O) groups is 1. The van der Waals surface area contributed by atoms with Gasteiger partial charge in [0.2, 0.25) is 0 Å². The van der Waals surface area contributed by atoms with E-state index in [0.717, 1.165) is 31.6 Å². The lowest BCUT2D eigenvalue weighted by Gasteiger charge is -2.25. The summed E-state index contributed by atoms with van der Waals surface area (Å²) in [6.45, 7) is -0.428. The van der Waals surface area contributed by atoms with Gasteiger partial charge in [0.05, 0.1) is 16.8 Å². The van der Waals surface area contributed by atoms with E-state index in [1.165, 1.54) is 18.3 Å². The van der Waals surface area contributed by atoms with Crippen molar-refractivity contribution < 1.29 is 17.9 Å². The molecule has 1 aliphatic rings. The number of nitrogens with zero attached hydrogens (tertiary/aromatic N) is 2. The normalized spacial score (nSPS) is 13.9. The van der Waals surface area contributed by atoms with Gasteiger partial charge in [-0.25, -0.2) is 13.8 Å². The fourth-order valence-electron chi connectivity index (χ4n) is 3.09. The molecular weight excluding hydrogens is 538 g/mol. The van der Waals surface area contributed by atoms with Crippen molar-refractivity contribution in [3.05, 3.63) is 88.9 Å². The van der Waals surface area contributed by atoms with Crippen LogP contribution in [0.2, 0.25) is 0 Å². The minimum atomic E-state index is -3.96. The first-order valence-electron chi connectivity index (χ1n) is 10.4. The first kappa shape index (κ1) is 24.3. The van der Waals surface area contributed by atoms with Crippen molar-refractivity contribution in [1.82, 2.24) is 5.43 Å². The summed E-state index contributed by atoms with van der Waals surface area (Å²) in [6, 6.07) is 22.1. The van der Waals surface area contributed by atoms with E-state index in [9.17, 15) is 13.2 Å². The average molecular weight is 560 g/mol. The summed E-state index contributed by atoms with van der Waals surface area (Å²) in [6.07, 6.45) is 1.76. The lowest BCUT2D eigenvalue weighted by molar-refractivity contribution is -0.119. The Morgan fingerprint density at radius 3 is 2.35 bits per heavy atom. The summed E-state index contributed by atoms with van der Waals surface area (Å²) in [4.78, 5) is 12.7. The fraction of sp³-hybridized carbons (Fsp3) is 0.167. The molecule has 34 heavy (non-hydrogen) atoms. The Bertz CT molecular complexity index is 1250. The highest BCUT2D eigenvalue weighted by atomic mass is 79.9. The lowest BCUT2D eigenvalue weighted by atomic mass is 10.2. The van der Waals surface area contributed by atoms with Gasteiger partial charge in [-0.1, -0.05) is 34.1 Å². The molecule has 1 heterocycles. The molecule has 0 bridgehead atoms. The molecule has 0 aliphatic carbocycles. The predicted octanol–water partition coefficient (Wildman–Crippen LogP) is 4.29. The molecule has 7 nitrogen and oxygen atoms in total. The topological polar surface area (TPSA) is 88.1 Å². The Kier molecular flexibility index (Phi) is 7.91. The molecule has 4 rings (SSSR count). The number of carbonyl (C=O) groups excluding carboxylic acids is 1. The van der Waals surface area contributed by atoms with Crippen LogP contribution in [0, 0.1) is 0 Å². The van der Waals surface area contributed by atoms with Crippen LogP contribution < -0.4 is 14.5 Å². The van der Waals surface area contributed by atoms with E-state index in [0.29, 0.717) is 5.69 Å². The second kappa shape index (κ2) is 11.1. The number of hydrazone groups is 1. The average Bonchev–Trinajstić information content (AvgIpc) is 2.82. The summed E-state index contributed by atoms with van der Waals surface area (Å²) < 4.78 is 34.2. The van der Waals surface area contributed by atoms with Crippen molar-refractivity contribution in [2.45, 2.75) is 11.0 Å². The van der Waals surface area contributed by atoms with Gasteiger partial charge in [0, 0.05) is 16.0 Å². The van der Waals surface area contributed by atoms with Crippen molar-refractivity contribution in [1.29, 1.82) is 0 Å². The molecule has 10 heteroatoms. The van der Waals surface area contributed by atoms with E-state index in [-0.39, 0.29) is 11.0 Å². The number of amides is 1. The van der Waals surface area contributed by atoms with E-state index >= 15 is 0 Å². The summed E-state index contributed by atoms with van der Waals surface area (Å²) in [5, 5.41) is 3.98. The fourth-order valence-corrected chi connectivity index (χ4v) is 5.36. The van der Waals surface area contributed by atoms with Crippen LogP contribution in [0.4, 0.5) is 5.69 Å². The van der Waals surface area contributed by atoms with Crippen LogP contribution in [0.5, 0.6) is 5.75 Å². The van der Waals surface area contributed by atoms with Gasteiger partial charge in [-0.15, -0.1) is 0 Å². The molecule has 176 valence electrons. The van der Waals surface area contributed by atoms with Crippen LogP contribution in [0.25, 0.3) is 0 Å². The number of sulfonamides is 1. The third kappa shape index (κ3) is 6.19. The molecule has 0 atom stereocenters. The maximum absolute atomic E-state index is 13.3. The first-order valence-corrected chi connectivity index (χ1v) is 13.8. The second-order valence-corrected chi connectivity index (χ2v) is 11.3. The Hall–Kier alpha value is -2.82. The number of halogens is 1. The van der Waals surface area contributed by atoms with Crippen molar-refractivity contribution in [3.8, 4) is 5.75 Å². The minimum absolute atomic E-state index is 0.0945. The molecule has 1 fully saturated rings. The summed E-state index contributed by atoms with van der Waals surface area (Å²) in [7, 11) is -3.96. The Labute approximate surface area is 211 Å². The molecular formula is C24H22BrN3O4S2. The quantitative estimate of drug-likeness (QED) is 0.312. The van der Waals surface area contributed by atoms with Crippen molar-refractivity contribution in [3.63, 3.8) is 0 Å². The molecule has 0 radical (unpaired) electrons. The third-order valence-corrected chi connectivity index (χ3v) is 8.46. The molecule has 3 aromatic carbocycles. The van der Waals surface area contributed by atoms with Gasteiger partial charge in [-0.2, -0.15) is 16.9 Å². The SMILES string of the molecule is O=C(CN(c1ccc(Br)cc1)S(=O)(=O)c1ccccc1)N/N=C\c1ccc(OC2CSC2)cc1. The Morgan fingerprint density at radius 1 is 1.06 bits per heavy atom. The summed E-state index contributed by atoms with van der Waals surface area (Å²) in [5.74, 6) is 2.24. The number of thioether (sulfide) groups is 1. The van der Waals surface area contributed by atoms with Gasteiger partial charge in [0.1, 0.15) is 18.4 Å². The van der Waals surface area contributed by atoms with E-state index in [1.54, 1.807) is 42.5 Å². The highest BCUT2D eigenvalue weighted by Crippen LogP contribution is 2.25. The van der Waals surface area contributed by atoms with E-state index in [2.05, 4.69) is 26.5 Å². The number of benzene rings is 3. The Balaban J connectivity index is 1.43. The molecule has 1 amide bonds. The molecule has 1 aliphatic heterocycles. The maximum Gasteiger partial charge on any atom is 0.264 e. The summed E-state index contributed by atoms with van der Waals surface area (Å²) in [5.41, 5.74) is 3.56. The molecule has 0 aromatic heterocycles. The molecule has 0 unspecified atom stereocenters. The van der Waals surface area contributed by atoms with Gasteiger partial charge in [-0.3, -0.25) is 9.10 Å². The highest BCUT2D eigenvalue weighted by Gasteiger charge is 2.27. The van der Waals surface area contributed by atoms with Crippen LogP contribution in [0.15, 0.2) is 93.3 Å². The zero-order chi connectivity index (χ0) is 24.0. The molecule has 0 spiro atoms. The van der Waals surface area contributed by atoms with Gasteiger partial charge in [0.25, 0.3) is 15.9 Å². The molecule has 0 saturated carbocycles. The second-order valence-electron chi connectivity index (χ2n) is 7.44. The minimum Gasteiger partial charge on any atom is -0.489 e. The number of hydrogen-bond donors (Lipinski definition) is 1. The van der Waals surface area contributed by atoms with Gasteiger partial charge < -0.3 is 4.74 Å². The lowest BCUT2D eigenvalue weighted by Crippen LogP contribution is -2.39. The number of hydrogen-bond acceptors (Lipinski definition) is 6. The largest absolute Gasteiger partial charge is 0.489 e. The van der Waals surface area contributed by atoms with E-state index in [1.807, 2.05) is 36.0 Å². The maximum atomic E-state index is 13.3. The molecule has 3 aromatic rings. The number of nitrogens with one attached hydrogen (secondary N) is 1. The van der Waals surface area contributed by atoms with Crippen LogP contribution in [-0.2, 0) is 14.8 Å². The number of anilines is 1. The van der Waals surface area contributed by atoms with Gasteiger partial charge in [0.15, 0.2) is 0 Å². The molecule has 1 N–H and O–H groups in total. The first-order chi connectivity index (χ1) is 16.4. The number of rotatable bonds is 9. The van der Waals surface area contributed by atoms with Crippen molar-refractivity contribution in [2.24, 2.45) is 5.10 Å². The Morgan fingerprint density at radius 2 is 1.74 bits per heavy atom. The predicted molar refractivity (Wildman–Crippen MR) is 139 cm³/mol. The van der Waals surface area contributed by atoms with E-state index in [4.69, 9.17) is 4.74 Å². The van der Waals surface area contributed by atoms with Crippen LogP contribution in [0.1, 0.15) is 5.56 Å². The monoisotopic (exact) mass is 559 g/mol. The van der Waals surface area contributed by atoms with Crippen molar-refractivity contribution in [2.75, 3.05) is 22.4 Å². The van der Waals surface area contributed by atoms with Crippen LogP contribution in [-0.4, -0.2) is 44.7 Å². The third-order valence-electron chi connectivity index (χ3n) is 4.93. The zero-order valence-corrected chi connectivity index (χ0v) is 21.2. The summed E-state index contributed by atoms with van der Waals surface area (Å²) >= 11 is 5.20. The number of ether oxygens (including phenoxy) is 1. The molecule has 1 saturated heterocycles. The highest BCUT2D eigenvalue weighted by molar-refractivity contribution is 9.10. The standard InChI is InChI=1S/C24H22BrN3O4S2/c25-19-8-10-20(11-9-19)28(34(30,31)23-4-2-1-3-5-23)15-24(29)27-26-14-18-6-12-21(13-7-18)32-22-16-33-17-22/h1-14,22H,15-17H2,(H,27,29)/b26-14-. The van der Waals surface area contributed by atoms with Gasteiger partial charge >= 0.3 is 0 Å².